The van der Waals surface area contributed by atoms with Crippen LogP contribution < -0.4 is 5.32 Å². The SMILES string of the molecule is CS(=O)(=O)N1CCN(CC(=O)NCc2ccccc2)CC1. The van der Waals surface area contributed by atoms with Crippen LogP contribution >= 0.6 is 0 Å². The minimum absolute atomic E-state index is 0.0355. The van der Waals surface area contributed by atoms with Gasteiger partial charge in [-0.2, -0.15) is 4.31 Å². The van der Waals surface area contributed by atoms with E-state index in [0.29, 0.717) is 39.3 Å². The molecule has 0 aromatic heterocycles. The molecule has 1 aliphatic heterocycles. The van der Waals surface area contributed by atoms with Crippen LogP contribution in [0.1, 0.15) is 5.56 Å². The lowest BCUT2D eigenvalue weighted by atomic mass is 10.2. The Kier molecular flexibility index (Phi) is 5.33. The molecule has 6 nitrogen and oxygen atoms in total. The fraction of sp³-hybridized carbons (Fsp3) is 0.500. The summed E-state index contributed by atoms with van der Waals surface area (Å²) in [4.78, 5) is 13.9. The van der Waals surface area contributed by atoms with Gasteiger partial charge >= 0.3 is 0 Å². The van der Waals surface area contributed by atoms with Gasteiger partial charge in [-0.25, -0.2) is 8.42 Å². The molecule has 1 aromatic carbocycles. The second kappa shape index (κ2) is 7.02. The summed E-state index contributed by atoms with van der Waals surface area (Å²) < 4.78 is 24.3. The minimum Gasteiger partial charge on any atom is -0.351 e. The molecule has 0 atom stereocenters. The van der Waals surface area contributed by atoms with Crippen LogP contribution in [0.4, 0.5) is 0 Å². The van der Waals surface area contributed by atoms with Gasteiger partial charge in [0.15, 0.2) is 0 Å². The molecule has 0 saturated carbocycles. The van der Waals surface area contributed by atoms with Crippen molar-refractivity contribution in [1.82, 2.24) is 14.5 Å². The first-order valence-corrected chi connectivity index (χ1v) is 8.78. The Labute approximate surface area is 125 Å². The fourth-order valence-corrected chi connectivity index (χ4v) is 3.10. The molecule has 116 valence electrons. The predicted octanol–water partition coefficient (Wildman–Crippen LogP) is -0.120. The molecule has 7 heteroatoms. The van der Waals surface area contributed by atoms with E-state index in [4.69, 9.17) is 0 Å². The van der Waals surface area contributed by atoms with Gasteiger partial charge in [-0.1, -0.05) is 30.3 Å². The molecule has 21 heavy (non-hydrogen) atoms. The van der Waals surface area contributed by atoms with Gasteiger partial charge in [0.2, 0.25) is 15.9 Å². The van der Waals surface area contributed by atoms with Crippen LogP contribution in [0.15, 0.2) is 30.3 Å². The molecular formula is C14H21N3O3S. The van der Waals surface area contributed by atoms with E-state index in [1.807, 2.05) is 35.2 Å². The van der Waals surface area contributed by atoms with E-state index in [2.05, 4.69) is 5.32 Å². The number of amides is 1. The molecule has 0 spiro atoms. The van der Waals surface area contributed by atoms with Crippen LogP contribution in [0.2, 0.25) is 0 Å². The Morgan fingerprint density at radius 3 is 2.33 bits per heavy atom. The van der Waals surface area contributed by atoms with Crippen LogP contribution in [0.5, 0.6) is 0 Å². The fourth-order valence-electron chi connectivity index (χ4n) is 2.27. The molecule has 1 amide bonds. The molecule has 1 heterocycles. The summed E-state index contributed by atoms with van der Waals surface area (Å²) in [7, 11) is -3.12. The number of hydrogen-bond acceptors (Lipinski definition) is 4. The van der Waals surface area contributed by atoms with Crippen LogP contribution in [-0.4, -0.2) is 62.5 Å². The highest BCUT2D eigenvalue weighted by Crippen LogP contribution is 2.05. The molecule has 1 aliphatic rings. The monoisotopic (exact) mass is 311 g/mol. The van der Waals surface area contributed by atoms with Crippen LogP contribution in [0, 0.1) is 0 Å². The molecule has 0 radical (unpaired) electrons. The van der Waals surface area contributed by atoms with Crippen molar-refractivity contribution in [2.45, 2.75) is 6.54 Å². The van der Waals surface area contributed by atoms with Crippen molar-refractivity contribution >= 4 is 15.9 Å². The lowest BCUT2D eigenvalue weighted by Crippen LogP contribution is -2.50. The number of benzene rings is 1. The Morgan fingerprint density at radius 2 is 1.76 bits per heavy atom. The molecule has 0 unspecified atom stereocenters. The average Bonchev–Trinajstić information content (AvgIpc) is 2.46. The Balaban J connectivity index is 1.72. The first kappa shape index (κ1) is 15.9. The molecule has 1 N–H and O–H groups in total. The standard InChI is InChI=1S/C14H21N3O3S/c1-21(19,20)17-9-7-16(8-10-17)12-14(18)15-11-13-5-3-2-4-6-13/h2-6H,7-12H2,1H3,(H,15,18). The van der Waals surface area contributed by atoms with Crippen molar-refractivity contribution in [1.29, 1.82) is 0 Å². The maximum atomic E-state index is 11.9. The Hall–Kier alpha value is -1.44. The number of sulfonamides is 1. The second-order valence-electron chi connectivity index (χ2n) is 5.20. The van der Waals surface area contributed by atoms with E-state index in [1.54, 1.807) is 0 Å². The lowest BCUT2D eigenvalue weighted by molar-refractivity contribution is -0.122. The summed E-state index contributed by atoms with van der Waals surface area (Å²) >= 11 is 0. The predicted molar refractivity (Wildman–Crippen MR) is 81.1 cm³/mol. The number of carbonyl (C=O) groups is 1. The van der Waals surface area contributed by atoms with Crippen molar-refractivity contribution in [3.05, 3.63) is 35.9 Å². The van der Waals surface area contributed by atoms with Crippen LogP contribution in [0.3, 0.4) is 0 Å². The van der Waals surface area contributed by atoms with E-state index in [1.165, 1.54) is 10.6 Å². The van der Waals surface area contributed by atoms with Crippen molar-refractivity contribution < 1.29 is 13.2 Å². The second-order valence-corrected chi connectivity index (χ2v) is 7.18. The highest BCUT2D eigenvalue weighted by molar-refractivity contribution is 7.88. The number of carbonyl (C=O) groups excluding carboxylic acids is 1. The van der Waals surface area contributed by atoms with Gasteiger partial charge < -0.3 is 5.32 Å². The zero-order chi connectivity index (χ0) is 15.3. The molecule has 1 aromatic rings. The summed E-state index contributed by atoms with van der Waals surface area (Å²) in [5.41, 5.74) is 1.06. The molecule has 2 rings (SSSR count). The van der Waals surface area contributed by atoms with Gasteiger partial charge in [0, 0.05) is 32.7 Å². The molecular weight excluding hydrogens is 290 g/mol. The number of rotatable bonds is 5. The normalized spacial score (nSPS) is 17.6. The van der Waals surface area contributed by atoms with E-state index >= 15 is 0 Å². The largest absolute Gasteiger partial charge is 0.351 e. The highest BCUT2D eigenvalue weighted by Gasteiger charge is 2.24. The van der Waals surface area contributed by atoms with Gasteiger partial charge in [0.1, 0.15) is 0 Å². The van der Waals surface area contributed by atoms with Gasteiger partial charge in [-0.3, -0.25) is 9.69 Å². The smallest absolute Gasteiger partial charge is 0.234 e. The van der Waals surface area contributed by atoms with Gasteiger partial charge in [-0.15, -0.1) is 0 Å². The topological polar surface area (TPSA) is 69.7 Å². The average molecular weight is 311 g/mol. The van der Waals surface area contributed by atoms with Crippen LogP contribution in [0.25, 0.3) is 0 Å². The number of hydrogen-bond donors (Lipinski definition) is 1. The lowest BCUT2D eigenvalue weighted by Gasteiger charge is -2.32. The van der Waals surface area contributed by atoms with Gasteiger partial charge in [0.25, 0.3) is 0 Å². The quantitative estimate of drug-likeness (QED) is 0.823. The highest BCUT2D eigenvalue weighted by atomic mass is 32.2. The van der Waals surface area contributed by atoms with Crippen molar-refractivity contribution in [3.8, 4) is 0 Å². The third-order valence-electron chi connectivity index (χ3n) is 3.50. The summed E-state index contributed by atoms with van der Waals surface area (Å²) in [5, 5.41) is 2.88. The minimum atomic E-state index is -3.12. The van der Waals surface area contributed by atoms with Gasteiger partial charge in [-0.05, 0) is 5.56 Å². The zero-order valence-electron chi connectivity index (χ0n) is 12.2. The van der Waals surface area contributed by atoms with Crippen LogP contribution in [-0.2, 0) is 21.4 Å². The number of piperazine rings is 1. The number of nitrogens with one attached hydrogen (secondary N) is 1. The zero-order valence-corrected chi connectivity index (χ0v) is 13.0. The Morgan fingerprint density at radius 1 is 1.14 bits per heavy atom. The molecule has 1 fully saturated rings. The Bertz CT molecular complexity index is 566. The van der Waals surface area contributed by atoms with E-state index in [9.17, 15) is 13.2 Å². The molecule has 0 aliphatic carbocycles. The summed E-state index contributed by atoms with van der Waals surface area (Å²) in [5.74, 6) is -0.0355. The molecule has 0 bridgehead atoms. The van der Waals surface area contributed by atoms with Crippen molar-refractivity contribution in [3.63, 3.8) is 0 Å². The first-order valence-electron chi connectivity index (χ1n) is 6.93. The third kappa shape index (κ3) is 5.11. The summed E-state index contributed by atoms with van der Waals surface area (Å²) in [6.45, 7) is 2.90. The van der Waals surface area contributed by atoms with Crippen molar-refractivity contribution in [2.75, 3.05) is 39.0 Å². The summed E-state index contributed by atoms with van der Waals surface area (Å²) in [6, 6.07) is 9.74. The van der Waals surface area contributed by atoms with E-state index in [-0.39, 0.29) is 5.91 Å². The number of nitrogens with zero attached hydrogens (tertiary/aromatic N) is 2. The van der Waals surface area contributed by atoms with E-state index in [0.717, 1.165) is 5.56 Å². The maximum Gasteiger partial charge on any atom is 0.234 e. The first-order chi connectivity index (χ1) is 9.95. The molecule has 1 saturated heterocycles. The van der Waals surface area contributed by atoms with Gasteiger partial charge in [0.05, 0.1) is 12.8 Å². The third-order valence-corrected chi connectivity index (χ3v) is 4.80. The van der Waals surface area contributed by atoms with E-state index < -0.39 is 10.0 Å². The summed E-state index contributed by atoms with van der Waals surface area (Å²) in [6.07, 6.45) is 1.22. The van der Waals surface area contributed by atoms with Crippen molar-refractivity contribution in [2.24, 2.45) is 0 Å². The maximum absolute atomic E-state index is 11.9.